The highest BCUT2D eigenvalue weighted by atomic mass is 16.2. The van der Waals surface area contributed by atoms with E-state index in [1.54, 1.807) is 12.1 Å². The number of para-hydroxylation sites is 1. The molecule has 5 N–H and O–H groups in total. The zero-order valence-electron chi connectivity index (χ0n) is 18.7. The number of primary amides is 1. The van der Waals surface area contributed by atoms with E-state index in [-0.39, 0.29) is 43.3 Å². The highest BCUT2D eigenvalue weighted by molar-refractivity contribution is 6.06. The van der Waals surface area contributed by atoms with Gasteiger partial charge in [0, 0.05) is 33.0 Å². The molecule has 1 aromatic rings. The van der Waals surface area contributed by atoms with Crippen LogP contribution in [0.1, 0.15) is 54.9 Å². The molecule has 0 atom stereocenters. The van der Waals surface area contributed by atoms with Gasteiger partial charge in [-0.2, -0.15) is 0 Å². The van der Waals surface area contributed by atoms with Crippen LogP contribution in [0.25, 0.3) is 0 Å². The fourth-order valence-electron chi connectivity index (χ4n) is 5.08. The van der Waals surface area contributed by atoms with Gasteiger partial charge < -0.3 is 26.6 Å². The Morgan fingerprint density at radius 2 is 1.82 bits per heavy atom. The Morgan fingerprint density at radius 3 is 2.45 bits per heavy atom. The van der Waals surface area contributed by atoms with E-state index in [2.05, 4.69) is 16.0 Å². The Balaban J connectivity index is 1.44. The molecule has 2 heterocycles. The molecule has 2 aliphatic heterocycles. The van der Waals surface area contributed by atoms with Crippen molar-refractivity contribution in [2.45, 2.75) is 51.0 Å². The molecule has 33 heavy (non-hydrogen) atoms. The number of amides is 5. The maximum absolute atomic E-state index is 13.1. The number of benzene rings is 1. The summed E-state index contributed by atoms with van der Waals surface area (Å²) in [5.41, 5.74) is 5.40. The van der Waals surface area contributed by atoms with Crippen LogP contribution >= 0.6 is 0 Å². The molecule has 0 spiro atoms. The van der Waals surface area contributed by atoms with Crippen molar-refractivity contribution >= 4 is 35.2 Å². The highest BCUT2D eigenvalue weighted by Gasteiger charge is 2.51. The Morgan fingerprint density at radius 1 is 1.12 bits per heavy atom. The monoisotopic (exact) mass is 455 g/mol. The molecular weight excluding hydrogens is 426 g/mol. The summed E-state index contributed by atoms with van der Waals surface area (Å²) >= 11 is 0. The largest absolute Gasteiger partial charge is 0.369 e. The Bertz CT molecular complexity index is 1020. The SMILES string of the molecule is CC(=O)NC1(C(=O)NCC2(C(N)=O)CN(C(=O)c3cccc4c3NC(=O)CC4)C2)CCCC1. The molecule has 1 aliphatic carbocycles. The average molecular weight is 456 g/mol. The third kappa shape index (κ3) is 4.17. The molecule has 0 bridgehead atoms. The molecule has 3 aliphatic rings. The van der Waals surface area contributed by atoms with Gasteiger partial charge >= 0.3 is 0 Å². The topological polar surface area (TPSA) is 151 Å². The third-order valence-corrected chi connectivity index (χ3v) is 6.96. The summed E-state index contributed by atoms with van der Waals surface area (Å²) in [6.07, 6.45) is 3.67. The molecule has 1 saturated carbocycles. The highest BCUT2D eigenvalue weighted by Crippen LogP contribution is 2.35. The second kappa shape index (κ2) is 8.49. The molecular formula is C23H29N5O5. The van der Waals surface area contributed by atoms with E-state index in [0.717, 1.165) is 18.4 Å². The lowest BCUT2D eigenvalue weighted by Gasteiger charge is -2.48. The molecule has 0 unspecified atom stereocenters. The first-order chi connectivity index (χ1) is 15.7. The number of hydrogen-bond donors (Lipinski definition) is 4. The lowest BCUT2D eigenvalue weighted by atomic mass is 9.78. The van der Waals surface area contributed by atoms with Crippen molar-refractivity contribution in [1.29, 1.82) is 0 Å². The molecule has 1 aromatic carbocycles. The lowest BCUT2D eigenvalue weighted by Crippen LogP contribution is -2.69. The number of nitrogens with two attached hydrogens (primary N) is 1. The average Bonchev–Trinajstić information content (AvgIpc) is 3.20. The zero-order valence-corrected chi connectivity index (χ0v) is 18.7. The van der Waals surface area contributed by atoms with Crippen LogP contribution in [0.2, 0.25) is 0 Å². The van der Waals surface area contributed by atoms with Gasteiger partial charge in [-0.15, -0.1) is 0 Å². The van der Waals surface area contributed by atoms with Crippen LogP contribution in [-0.4, -0.2) is 59.6 Å². The van der Waals surface area contributed by atoms with E-state index in [9.17, 15) is 24.0 Å². The van der Waals surface area contributed by atoms with Gasteiger partial charge in [-0.25, -0.2) is 0 Å². The summed E-state index contributed by atoms with van der Waals surface area (Å²) in [6.45, 7) is 1.48. The van der Waals surface area contributed by atoms with E-state index >= 15 is 0 Å². The number of rotatable bonds is 6. The van der Waals surface area contributed by atoms with Gasteiger partial charge in [0.05, 0.1) is 11.3 Å². The first-order valence-electron chi connectivity index (χ1n) is 11.2. The van der Waals surface area contributed by atoms with Crippen LogP contribution in [0.15, 0.2) is 18.2 Å². The number of likely N-dealkylation sites (tertiary alicyclic amines) is 1. The summed E-state index contributed by atoms with van der Waals surface area (Å²) in [5.74, 6) is -1.66. The normalized spacial score (nSPS) is 20.2. The quantitative estimate of drug-likeness (QED) is 0.478. The summed E-state index contributed by atoms with van der Waals surface area (Å²) in [7, 11) is 0. The number of nitrogens with zero attached hydrogens (tertiary/aromatic N) is 1. The minimum Gasteiger partial charge on any atom is -0.369 e. The number of hydrogen-bond acceptors (Lipinski definition) is 5. The van der Waals surface area contributed by atoms with E-state index in [1.165, 1.54) is 11.8 Å². The lowest BCUT2D eigenvalue weighted by molar-refractivity contribution is -0.138. The van der Waals surface area contributed by atoms with Gasteiger partial charge in [-0.1, -0.05) is 25.0 Å². The molecule has 10 heteroatoms. The number of nitrogens with one attached hydrogen (secondary N) is 3. The maximum Gasteiger partial charge on any atom is 0.256 e. The van der Waals surface area contributed by atoms with Crippen LogP contribution in [0.5, 0.6) is 0 Å². The predicted octanol–water partition coefficient (Wildman–Crippen LogP) is 0.0639. The molecule has 10 nitrogen and oxygen atoms in total. The van der Waals surface area contributed by atoms with E-state index in [0.29, 0.717) is 36.9 Å². The Hall–Kier alpha value is -3.43. The van der Waals surface area contributed by atoms with Gasteiger partial charge in [-0.05, 0) is 30.9 Å². The van der Waals surface area contributed by atoms with Crippen LogP contribution in [0, 0.1) is 5.41 Å². The van der Waals surface area contributed by atoms with Gasteiger partial charge in [-0.3, -0.25) is 24.0 Å². The van der Waals surface area contributed by atoms with E-state index < -0.39 is 16.9 Å². The van der Waals surface area contributed by atoms with E-state index in [4.69, 9.17) is 5.73 Å². The standard InChI is InChI=1S/C23H29N5O5/c1-14(29)27-23(9-2-3-10-23)21(33)25-11-22(20(24)32)12-28(13-22)19(31)16-6-4-5-15-7-8-17(30)26-18(15)16/h4-6H,2-3,7-13H2,1H3,(H2,24,32)(H,25,33)(H,26,30)(H,27,29). The number of aryl methyl sites for hydroxylation is 1. The number of carbonyl (C=O) groups is 5. The Kier molecular flexibility index (Phi) is 5.85. The Labute approximate surface area is 191 Å². The van der Waals surface area contributed by atoms with Crippen LogP contribution < -0.4 is 21.7 Å². The smallest absolute Gasteiger partial charge is 0.256 e. The summed E-state index contributed by atoms with van der Waals surface area (Å²) in [5, 5.41) is 8.35. The zero-order chi connectivity index (χ0) is 23.8. The van der Waals surface area contributed by atoms with Crippen molar-refractivity contribution in [2.75, 3.05) is 25.0 Å². The van der Waals surface area contributed by atoms with E-state index in [1.807, 2.05) is 6.07 Å². The van der Waals surface area contributed by atoms with Crippen molar-refractivity contribution in [3.63, 3.8) is 0 Å². The fourth-order valence-corrected chi connectivity index (χ4v) is 5.08. The van der Waals surface area contributed by atoms with Gasteiger partial charge in [0.15, 0.2) is 0 Å². The minimum atomic E-state index is -1.08. The van der Waals surface area contributed by atoms with Crippen molar-refractivity contribution in [3.05, 3.63) is 29.3 Å². The molecule has 0 aromatic heterocycles. The molecule has 0 radical (unpaired) electrons. The van der Waals surface area contributed by atoms with Crippen LogP contribution in [-0.2, 0) is 25.6 Å². The molecule has 2 fully saturated rings. The second-order valence-electron chi connectivity index (χ2n) is 9.35. The third-order valence-electron chi connectivity index (χ3n) is 6.96. The molecule has 176 valence electrons. The summed E-state index contributed by atoms with van der Waals surface area (Å²) in [4.78, 5) is 63.3. The number of carbonyl (C=O) groups excluding carboxylic acids is 5. The van der Waals surface area contributed by atoms with Crippen molar-refractivity contribution in [1.82, 2.24) is 15.5 Å². The first kappa shape index (κ1) is 22.8. The van der Waals surface area contributed by atoms with Gasteiger partial charge in [0.1, 0.15) is 11.0 Å². The summed E-state index contributed by atoms with van der Waals surface area (Å²) in [6, 6.07) is 5.29. The van der Waals surface area contributed by atoms with Crippen molar-refractivity contribution < 1.29 is 24.0 Å². The molecule has 1 saturated heterocycles. The predicted molar refractivity (Wildman–Crippen MR) is 119 cm³/mol. The van der Waals surface area contributed by atoms with Gasteiger partial charge in [0.25, 0.3) is 5.91 Å². The number of fused-ring (bicyclic) bond motifs is 1. The van der Waals surface area contributed by atoms with Crippen molar-refractivity contribution in [2.24, 2.45) is 11.1 Å². The second-order valence-corrected chi connectivity index (χ2v) is 9.35. The number of anilines is 1. The summed E-state index contributed by atoms with van der Waals surface area (Å²) < 4.78 is 0. The van der Waals surface area contributed by atoms with Crippen molar-refractivity contribution in [3.8, 4) is 0 Å². The molecule has 4 rings (SSSR count). The van der Waals surface area contributed by atoms with Crippen LogP contribution in [0.3, 0.4) is 0 Å². The maximum atomic E-state index is 13.1. The van der Waals surface area contributed by atoms with Gasteiger partial charge in [0.2, 0.25) is 23.6 Å². The molecule has 5 amide bonds. The fraction of sp³-hybridized carbons (Fsp3) is 0.522. The van der Waals surface area contributed by atoms with Crippen LogP contribution in [0.4, 0.5) is 5.69 Å². The minimum absolute atomic E-state index is 0.0179. The first-order valence-corrected chi connectivity index (χ1v) is 11.2.